The van der Waals surface area contributed by atoms with Gasteiger partial charge in [0, 0.05) is 29.4 Å². The standard InChI is InChI=1S/C16H19ClN2O/c1-19(2)11-12-4-3-5-15(8-12)18-10-13-9-14(17)6-7-16(13)20/h3-9,18,20H,10-11H2,1-2H3. The number of anilines is 1. The third kappa shape index (κ3) is 4.15. The molecule has 0 fully saturated rings. The second-order valence-electron chi connectivity index (χ2n) is 5.06. The zero-order chi connectivity index (χ0) is 14.5. The Hall–Kier alpha value is -1.71. The number of phenolic OH excluding ortho intramolecular Hbond substituents is 1. The minimum atomic E-state index is 0.256. The molecule has 0 saturated carbocycles. The first kappa shape index (κ1) is 14.7. The van der Waals surface area contributed by atoms with Crippen LogP contribution in [0.15, 0.2) is 42.5 Å². The van der Waals surface area contributed by atoms with E-state index in [1.165, 1.54) is 5.56 Å². The highest BCUT2D eigenvalue weighted by Crippen LogP contribution is 2.22. The summed E-state index contributed by atoms with van der Waals surface area (Å²) in [6.45, 7) is 1.44. The van der Waals surface area contributed by atoms with E-state index < -0.39 is 0 Å². The molecule has 3 nitrogen and oxygen atoms in total. The Bertz CT molecular complexity index is 584. The maximum absolute atomic E-state index is 9.78. The van der Waals surface area contributed by atoms with Gasteiger partial charge in [0.1, 0.15) is 5.75 Å². The molecule has 0 spiro atoms. The van der Waals surface area contributed by atoms with Crippen LogP contribution in [0, 0.1) is 0 Å². The van der Waals surface area contributed by atoms with Crippen molar-refractivity contribution in [2.75, 3.05) is 19.4 Å². The van der Waals surface area contributed by atoms with Crippen molar-refractivity contribution in [3.05, 3.63) is 58.6 Å². The fourth-order valence-electron chi connectivity index (χ4n) is 2.04. The number of hydrogen-bond acceptors (Lipinski definition) is 3. The third-order valence-corrected chi connectivity index (χ3v) is 3.19. The van der Waals surface area contributed by atoms with Crippen LogP contribution in [0.3, 0.4) is 0 Å². The van der Waals surface area contributed by atoms with Crippen molar-refractivity contribution in [2.24, 2.45) is 0 Å². The first-order valence-electron chi connectivity index (χ1n) is 6.49. The van der Waals surface area contributed by atoms with Gasteiger partial charge in [-0.15, -0.1) is 0 Å². The van der Waals surface area contributed by atoms with Crippen LogP contribution in [0.2, 0.25) is 5.02 Å². The molecule has 0 bridgehead atoms. The lowest BCUT2D eigenvalue weighted by Crippen LogP contribution is -2.10. The van der Waals surface area contributed by atoms with Crippen LogP contribution in [0.4, 0.5) is 5.69 Å². The summed E-state index contributed by atoms with van der Waals surface area (Å²) in [7, 11) is 4.09. The first-order valence-corrected chi connectivity index (χ1v) is 6.87. The number of halogens is 1. The van der Waals surface area contributed by atoms with Crippen LogP contribution in [0.1, 0.15) is 11.1 Å². The summed E-state index contributed by atoms with van der Waals surface area (Å²) in [5.74, 6) is 0.256. The van der Waals surface area contributed by atoms with E-state index in [4.69, 9.17) is 11.6 Å². The van der Waals surface area contributed by atoms with E-state index in [2.05, 4.69) is 22.3 Å². The number of nitrogens with one attached hydrogen (secondary N) is 1. The van der Waals surface area contributed by atoms with Crippen molar-refractivity contribution in [1.82, 2.24) is 4.90 Å². The Balaban J connectivity index is 2.05. The smallest absolute Gasteiger partial charge is 0.120 e. The molecule has 2 N–H and O–H groups in total. The van der Waals surface area contributed by atoms with Gasteiger partial charge in [-0.1, -0.05) is 23.7 Å². The topological polar surface area (TPSA) is 35.5 Å². The number of nitrogens with zero attached hydrogens (tertiary/aromatic N) is 1. The average Bonchev–Trinajstić information content (AvgIpc) is 2.39. The normalized spacial score (nSPS) is 10.8. The maximum atomic E-state index is 9.78. The van der Waals surface area contributed by atoms with Gasteiger partial charge in [0.25, 0.3) is 0 Å². The molecule has 0 aliphatic carbocycles. The lowest BCUT2D eigenvalue weighted by atomic mass is 10.1. The van der Waals surface area contributed by atoms with Gasteiger partial charge in [-0.25, -0.2) is 0 Å². The largest absolute Gasteiger partial charge is 0.508 e. The molecule has 0 radical (unpaired) electrons. The number of benzene rings is 2. The molecule has 2 aromatic carbocycles. The highest BCUT2D eigenvalue weighted by Gasteiger charge is 2.03. The number of aromatic hydroxyl groups is 1. The predicted molar refractivity (Wildman–Crippen MR) is 84.3 cm³/mol. The van der Waals surface area contributed by atoms with Crippen LogP contribution in [-0.2, 0) is 13.1 Å². The Morgan fingerprint density at radius 3 is 2.70 bits per heavy atom. The van der Waals surface area contributed by atoms with E-state index in [9.17, 15) is 5.11 Å². The number of rotatable bonds is 5. The molecule has 0 aliphatic rings. The summed E-state index contributed by atoms with van der Waals surface area (Å²) in [6, 6.07) is 13.3. The summed E-state index contributed by atoms with van der Waals surface area (Å²) in [4.78, 5) is 2.13. The van der Waals surface area contributed by atoms with Gasteiger partial charge in [0.2, 0.25) is 0 Å². The van der Waals surface area contributed by atoms with Crippen LogP contribution < -0.4 is 5.32 Å². The van der Waals surface area contributed by atoms with Crippen molar-refractivity contribution in [1.29, 1.82) is 0 Å². The van der Waals surface area contributed by atoms with E-state index in [-0.39, 0.29) is 5.75 Å². The molecule has 0 heterocycles. The van der Waals surface area contributed by atoms with Gasteiger partial charge >= 0.3 is 0 Å². The summed E-state index contributed by atoms with van der Waals surface area (Å²) in [5, 5.41) is 13.7. The zero-order valence-electron chi connectivity index (χ0n) is 11.7. The van der Waals surface area contributed by atoms with E-state index in [1.54, 1.807) is 18.2 Å². The molecule has 0 unspecified atom stereocenters. The van der Waals surface area contributed by atoms with E-state index in [0.29, 0.717) is 11.6 Å². The molecular formula is C16H19ClN2O. The minimum absolute atomic E-state index is 0.256. The molecule has 2 rings (SSSR count). The average molecular weight is 291 g/mol. The summed E-state index contributed by atoms with van der Waals surface area (Å²) in [5.41, 5.74) is 3.06. The molecule has 0 aliphatic heterocycles. The lowest BCUT2D eigenvalue weighted by molar-refractivity contribution is 0.402. The van der Waals surface area contributed by atoms with Crippen molar-refractivity contribution in [3.8, 4) is 5.75 Å². The monoisotopic (exact) mass is 290 g/mol. The molecule has 106 valence electrons. The molecule has 0 amide bonds. The SMILES string of the molecule is CN(C)Cc1cccc(NCc2cc(Cl)ccc2O)c1. The number of phenols is 1. The van der Waals surface area contributed by atoms with E-state index in [0.717, 1.165) is 17.8 Å². The van der Waals surface area contributed by atoms with Gasteiger partial charge in [-0.2, -0.15) is 0 Å². The second kappa shape index (κ2) is 6.64. The highest BCUT2D eigenvalue weighted by molar-refractivity contribution is 6.30. The minimum Gasteiger partial charge on any atom is -0.508 e. The van der Waals surface area contributed by atoms with Gasteiger partial charge in [0.05, 0.1) is 0 Å². The van der Waals surface area contributed by atoms with Gasteiger partial charge < -0.3 is 15.3 Å². The van der Waals surface area contributed by atoms with Gasteiger partial charge in [-0.05, 0) is 50.0 Å². The Morgan fingerprint density at radius 1 is 1.15 bits per heavy atom. The molecular weight excluding hydrogens is 272 g/mol. The quantitative estimate of drug-likeness (QED) is 0.881. The Labute approximate surface area is 124 Å². The van der Waals surface area contributed by atoms with Gasteiger partial charge in [-0.3, -0.25) is 0 Å². The molecule has 2 aromatic rings. The van der Waals surface area contributed by atoms with E-state index >= 15 is 0 Å². The van der Waals surface area contributed by atoms with Gasteiger partial charge in [0.15, 0.2) is 0 Å². The Kier molecular flexibility index (Phi) is 4.88. The molecule has 4 heteroatoms. The number of hydrogen-bond donors (Lipinski definition) is 2. The molecule has 20 heavy (non-hydrogen) atoms. The van der Waals surface area contributed by atoms with E-state index in [1.807, 2.05) is 26.2 Å². The lowest BCUT2D eigenvalue weighted by Gasteiger charge is -2.12. The van der Waals surface area contributed by atoms with Crippen molar-refractivity contribution >= 4 is 17.3 Å². The molecule has 0 aromatic heterocycles. The summed E-state index contributed by atoms with van der Waals surface area (Å²) in [6.07, 6.45) is 0. The summed E-state index contributed by atoms with van der Waals surface area (Å²) >= 11 is 5.94. The van der Waals surface area contributed by atoms with Crippen LogP contribution in [-0.4, -0.2) is 24.1 Å². The Morgan fingerprint density at radius 2 is 1.95 bits per heavy atom. The predicted octanol–water partition coefficient (Wildman–Crippen LogP) is 3.72. The molecule has 0 saturated heterocycles. The van der Waals surface area contributed by atoms with Crippen molar-refractivity contribution in [2.45, 2.75) is 13.1 Å². The molecule has 0 atom stereocenters. The highest BCUT2D eigenvalue weighted by atomic mass is 35.5. The zero-order valence-corrected chi connectivity index (χ0v) is 12.5. The van der Waals surface area contributed by atoms with Crippen LogP contribution in [0.25, 0.3) is 0 Å². The summed E-state index contributed by atoms with van der Waals surface area (Å²) < 4.78 is 0. The van der Waals surface area contributed by atoms with Crippen molar-refractivity contribution in [3.63, 3.8) is 0 Å². The van der Waals surface area contributed by atoms with Crippen LogP contribution in [0.5, 0.6) is 5.75 Å². The van der Waals surface area contributed by atoms with Crippen molar-refractivity contribution < 1.29 is 5.11 Å². The fraction of sp³-hybridized carbons (Fsp3) is 0.250. The maximum Gasteiger partial charge on any atom is 0.120 e. The third-order valence-electron chi connectivity index (χ3n) is 2.95. The first-order chi connectivity index (χ1) is 9.54. The second-order valence-corrected chi connectivity index (χ2v) is 5.50. The van der Waals surface area contributed by atoms with Crippen LogP contribution >= 0.6 is 11.6 Å². The fourth-order valence-corrected chi connectivity index (χ4v) is 2.23.